The molecule has 0 aliphatic rings. The van der Waals surface area contributed by atoms with Crippen molar-refractivity contribution in [3.63, 3.8) is 0 Å². The van der Waals surface area contributed by atoms with Crippen LogP contribution in [0.1, 0.15) is 25.3 Å². The summed E-state index contributed by atoms with van der Waals surface area (Å²) < 4.78 is 5.07. The number of hydrogen-bond acceptors (Lipinski definition) is 3. The minimum Gasteiger partial charge on any atom is -0.450 e. The summed E-state index contributed by atoms with van der Waals surface area (Å²) >= 11 is 0. The molecular formula is C20H25NO3. The van der Waals surface area contributed by atoms with Crippen molar-refractivity contribution < 1.29 is 14.6 Å². The maximum atomic E-state index is 11.7. The number of carbonyl (C=O) groups excluding carboxylic acids is 1. The van der Waals surface area contributed by atoms with Gasteiger partial charge in [-0.05, 0) is 29.5 Å². The highest BCUT2D eigenvalue weighted by molar-refractivity contribution is 5.67. The Morgan fingerprint density at radius 2 is 1.75 bits per heavy atom. The van der Waals surface area contributed by atoms with Crippen molar-refractivity contribution in [3.8, 4) is 11.1 Å². The smallest absolute Gasteiger partial charge is 0.407 e. The second-order valence-corrected chi connectivity index (χ2v) is 5.78. The Hall–Kier alpha value is -2.33. The van der Waals surface area contributed by atoms with Crippen molar-refractivity contribution >= 4 is 6.09 Å². The Balaban J connectivity index is 1.90. The Morgan fingerprint density at radius 1 is 1.08 bits per heavy atom. The van der Waals surface area contributed by atoms with Gasteiger partial charge in [0.05, 0.1) is 19.3 Å². The lowest BCUT2D eigenvalue weighted by molar-refractivity contribution is 0.134. The van der Waals surface area contributed by atoms with Crippen molar-refractivity contribution in [2.75, 3.05) is 13.2 Å². The fraction of sp³-hybridized carbons (Fsp3) is 0.350. The van der Waals surface area contributed by atoms with E-state index in [-0.39, 0.29) is 12.6 Å². The number of alkyl carbamates (subject to hydrolysis) is 1. The molecule has 0 aliphatic carbocycles. The number of aliphatic hydroxyl groups excluding tert-OH is 1. The van der Waals surface area contributed by atoms with Crippen LogP contribution in [0.5, 0.6) is 0 Å². The predicted molar refractivity (Wildman–Crippen MR) is 95.8 cm³/mol. The zero-order chi connectivity index (χ0) is 17.2. The number of aliphatic hydroxyl groups is 1. The summed E-state index contributed by atoms with van der Waals surface area (Å²) in [6, 6.07) is 18.0. The molecular weight excluding hydrogens is 302 g/mol. The number of carbonyl (C=O) groups is 1. The molecule has 0 aliphatic heterocycles. The van der Waals surface area contributed by atoms with E-state index in [1.54, 1.807) is 0 Å². The lowest BCUT2D eigenvalue weighted by Crippen LogP contribution is -2.39. The van der Waals surface area contributed by atoms with Crippen LogP contribution in [0.25, 0.3) is 11.1 Å². The molecule has 2 N–H and O–H groups in total. The third-order valence-corrected chi connectivity index (χ3v) is 3.82. The summed E-state index contributed by atoms with van der Waals surface area (Å²) in [6.07, 6.45) is 1.92. The number of unbranched alkanes of at least 4 members (excludes halogenated alkanes) is 1. The van der Waals surface area contributed by atoms with Gasteiger partial charge in [0, 0.05) is 0 Å². The van der Waals surface area contributed by atoms with Gasteiger partial charge >= 0.3 is 6.09 Å². The van der Waals surface area contributed by atoms with Crippen LogP contribution in [0, 0.1) is 0 Å². The van der Waals surface area contributed by atoms with E-state index < -0.39 is 6.09 Å². The first-order chi connectivity index (χ1) is 11.7. The lowest BCUT2D eigenvalue weighted by atomic mass is 10.0. The molecule has 0 saturated heterocycles. The van der Waals surface area contributed by atoms with Gasteiger partial charge in [-0.25, -0.2) is 4.79 Å². The molecule has 4 heteroatoms. The van der Waals surface area contributed by atoms with Crippen LogP contribution in [0.2, 0.25) is 0 Å². The molecule has 2 rings (SSSR count). The third kappa shape index (κ3) is 5.70. The molecule has 1 amide bonds. The monoisotopic (exact) mass is 327 g/mol. The van der Waals surface area contributed by atoms with Crippen LogP contribution < -0.4 is 5.32 Å². The maximum Gasteiger partial charge on any atom is 0.407 e. The van der Waals surface area contributed by atoms with E-state index in [0.717, 1.165) is 24.0 Å². The second kappa shape index (κ2) is 9.73. The molecule has 0 spiro atoms. The Kier molecular flexibility index (Phi) is 7.30. The van der Waals surface area contributed by atoms with Crippen LogP contribution in [0.15, 0.2) is 54.6 Å². The van der Waals surface area contributed by atoms with E-state index in [9.17, 15) is 9.90 Å². The molecule has 0 aromatic heterocycles. The summed E-state index contributed by atoms with van der Waals surface area (Å²) in [7, 11) is 0. The summed E-state index contributed by atoms with van der Waals surface area (Å²) in [5.41, 5.74) is 3.37. The molecule has 128 valence electrons. The van der Waals surface area contributed by atoms with E-state index in [2.05, 4.69) is 29.6 Å². The van der Waals surface area contributed by atoms with Gasteiger partial charge in [-0.3, -0.25) is 0 Å². The lowest BCUT2D eigenvalue weighted by Gasteiger charge is -2.16. The molecule has 0 bridgehead atoms. The second-order valence-electron chi connectivity index (χ2n) is 5.78. The summed E-state index contributed by atoms with van der Waals surface area (Å²) in [6.45, 7) is 2.33. The van der Waals surface area contributed by atoms with Crippen molar-refractivity contribution in [1.82, 2.24) is 5.32 Å². The summed E-state index contributed by atoms with van der Waals surface area (Å²) in [5.74, 6) is 0. The van der Waals surface area contributed by atoms with Gasteiger partial charge in [-0.1, -0.05) is 67.9 Å². The normalized spacial score (nSPS) is 11.8. The number of nitrogens with one attached hydrogen (secondary N) is 1. The highest BCUT2D eigenvalue weighted by Gasteiger charge is 2.13. The first kappa shape index (κ1) is 18.0. The third-order valence-electron chi connectivity index (χ3n) is 3.82. The molecule has 0 saturated carbocycles. The first-order valence-electron chi connectivity index (χ1n) is 8.41. The molecule has 0 heterocycles. The van der Waals surface area contributed by atoms with E-state index in [1.807, 2.05) is 37.3 Å². The molecule has 2 aromatic rings. The first-order valence-corrected chi connectivity index (χ1v) is 8.41. The van der Waals surface area contributed by atoms with Crippen LogP contribution in [-0.4, -0.2) is 30.5 Å². The van der Waals surface area contributed by atoms with Gasteiger partial charge in [0.15, 0.2) is 0 Å². The number of hydrogen-bond donors (Lipinski definition) is 2. The minimum absolute atomic E-state index is 0.122. The number of rotatable bonds is 8. The SMILES string of the molecule is CCCCOC(=O)NC(CO)Cc1ccc(-c2ccccc2)cc1. The van der Waals surface area contributed by atoms with Gasteiger partial charge in [-0.15, -0.1) is 0 Å². The van der Waals surface area contributed by atoms with Crippen molar-refractivity contribution in [3.05, 3.63) is 60.2 Å². The van der Waals surface area contributed by atoms with E-state index in [4.69, 9.17) is 4.74 Å². The fourth-order valence-corrected chi connectivity index (χ4v) is 2.43. The zero-order valence-electron chi connectivity index (χ0n) is 14.1. The van der Waals surface area contributed by atoms with Gasteiger partial charge in [0.2, 0.25) is 0 Å². The highest BCUT2D eigenvalue weighted by atomic mass is 16.5. The zero-order valence-corrected chi connectivity index (χ0v) is 14.1. The van der Waals surface area contributed by atoms with E-state index >= 15 is 0 Å². The van der Waals surface area contributed by atoms with Crippen molar-refractivity contribution in [1.29, 1.82) is 0 Å². The Morgan fingerprint density at radius 3 is 2.38 bits per heavy atom. The number of ether oxygens (including phenoxy) is 1. The summed E-state index contributed by atoms with van der Waals surface area (Å²) in [5, 5.41) is 12.2. The van der Waals surface area contributed by atoms with Crippen LogP contribution in [-0.2, 0) is 11.2 Å². The molecule has 4 nitrogen and oxygen atoms in total. The van der Waals surface area contributed by atoms with E-state index in [0.29, 0.717) is 13.0 Å². The molecule has 1 unspecified atom stereocenters. The maximum absolute atomic E-state index is 11.7. The molecule has 2 aromatic carbocycles. The Bertz CT molecular complexity index is 611. The van der Waals surface area contributed by atoms with E-state index in [1.165, 1.54) is 5.56 Å². The molecule has 0 fully saturated rings. The predicted octanol–water partition coefficient (Wildman–Crippen LogP) is 3.78. The number of amides is 1. The van der Waals surface area contributed by atoms with Gasteiger partial charge in [-0.2, -0.15) is 0 Å². The standard InChI is InChI=1S/C20H25NO3/c1-2-3-13-24-20(23)21-19(15-22)14-16-9-11-18(12-10-16)17-7-5-4-6-8-17/h4-12,19,22H,2-3,13-15H2,1H3,(H,21,23). The topological polar surface area (TPSA) is 58.6 Å². The largest absolute Gasteiger partial charge is 0.450 e. The van der Waals surface area contributed by atoms with Crippen molar-refractivity contribution in [2.24, 2.45) is 0 Å². The molecule has 24 heavy (non-hydrogen) atoms. The Labute approximate surface area is 143 Å². The van der Waals surface area contributed by atoms with Gasteiger partial charge in [0.25, 0.3) is 0 Å². The van der Waals surface area contributed by atoms with Crippen LogP contribution in [0.4, 0.5) is 4.79 Å². The van der Waals surface area contributed by atoms with Gasteiger partial charge in [0.1, 0.15) is 0 Å². The van der Waals surface area contributed by atoms with Crippen molar-refractivity contribution in [2.45, 2.75) is 32.2 Å². The fourth-order valence-electron chi connectivity index (χ4n) is 2.43. The quantitative estimate of drug-likeness (QED) is 0.725. The minimum atomic E-state index is -0.469. The molecule has 0 radical (unpaired) electrons. The van der Waals surface area contributed by atoms with Crippen LogP contribution >= 0.6 is 0 Å². The highest BCUT2D eigenvalue weighted by Crippen LogP contribution is 2.19. The molecule has 1 atom stereocenters. The summed E-state index contributed by atoms with van der Waals surface area (Å²) in [4.78, 5) is 11.7. The van der Waals surface area contributed by atoms with Crippen LogP contribution in [0.3, 0.4) is 0 Å². The van der Waals surface area contributed by atoms with Gasteiger partial charge < -0.3 is 15.2 Å². The average Bonchev–Trinajstić information content (AvgIpc) is 2.62. The number of benzene rings is 2. The average molecular weight is 327 g/mol.